The number of non-ortho nitro benzene ring substituents is 1. The number of benzene rings is 1. The fourth-order valence-electron chi connectivity index (χ4n) is 1.80. The monoisotopic (exact) mass is 298 g/mol. The van der Waals surface area contributed by atoms with Gasteiger partial charge in [-0.3, -0.25) is 14.3 Å². The van der Waals surface area contributed by atoms with Gasteiger partial charge in [0.2, 0.25) is 0 Å². The van der Waals surface area contributed by atoms with Gasteiger partial charge in [-0.2, -0.15) is 0 Å². The number of rotatable bonds is 8. The lowest BCUT2D eigenvalue weighted by molar-refractivity contribution is -0.384. The lowest BCUT2D eigenvalue weighted by atomic mass is 10.1. The van der Waals surface area contributed by atoms with E-state index in [0.717, 1.165) is 13.0 Å². The Balaban J connectivity index is 2.70. The van der Waals surface area contributed by atoms with Gasteiger partial charge in [-0.15, -0.1) is 0 Å². The molecule has 1 aromatic rings. The summed E-state index contributed by atoms with van der Waals surface area (Å²) in [4.78, 5) is 10.8. The van der Waals surface area contributed by atoms with Gasteiger partial charge in [0.15, 0.2) is 0 Å². The Hall–Kier alpha value is -1.27. The number of nitro benzene ring substituents is 1. The lowest BCUT2D eigenvalue weighted by Gasteiger charge is -2.21. The highest BCUT2D eigenvalue weighted by Gasteiger charge is 2.17. The molecule has 1 N–H and O–H groups in total. The predicted molar refractivity (Wildman–Crippen MR) is 81.3 cm³/mol. The summed E-state index contributed by atoms with van der Waals surface area (Å²) in [5.74, 6) is 0.915. The summed E-state index contributed by atoms with van der Waals surface area (Å²) in [6.07, 6.45) is 1.04. The first-order valence-corrected chi connectivity index (χ1v) is 8.13. The van der Waals surface area contributed by atoms with E-state index < -0.39 is 15.7 Å². The van der Waals surface area contributed by atoms with E-state index in [-0.39, 0.29) is 11.7 Å². The first kappa shape index (κ1) is 16.8. The average Bonchev–Trinajstić information content (AvgIpc) is 2.42. The Morgan fingerprint density at radius 1 is 1.30 bits per heavy atom. The molecule has 6 heteroatoms. The minimum absolute atomic E-state index is 0.0234. The molecule has 5 nitrogen and oxygen atoms in total. The molecule has 2 atom stereocenters. The topological polar surface area (TPSA) is 72.2 Å². The number of nitro groups is 1. The van der Waals surface area contributed by atoms with Crippen molar-refractivity contribution in [2.24, 2.45) is 5.92 Å². The van der Waals surface area contributed by atoms with Crippen molar-refractivity contribution >= 4 is 16.5 Å². The molecule has 1 rings (SSSR count). The molecule has 0 saturated carbocycles. The molecule has 0 heterocycles. The molecule has 2 unspecified atom stereocenters. The molecule has 0 amide bonds. The molecule has 0 aliphatic carbocycles. The van der Waals surface area contributed by atoms with E-state index in [4.69, 9.17) is 0 Å². The highest BCUT2D eigenvalue weighted by atomic mass is 32.2. The van der Waals surface area contributed by atoms with Crippen molar-refractivity contribution in [3.63, 3.8) is 0 Å². The molecule has 0 fully saturated rings. The van der Waals surface area contributed by atoms with Crippen LogP contribution in [0.3, 0.4) is 0 Å². The van der Waals surface area contributed by atoms with Crippen LogP contribution in [0.5, 0.6) is 0 Å². The zero-order valence-electron chi connectivity index (χ0n) is 12.2. The molecule has 1 aromatic carbocycles. The van der Waals surface area contributed by atoms with Gasteiger partial charge in [-0.1, -0.05) is 20.8 Å². The van der Waals surface area contributed by atoms with Crippen molar-refractivity contribution in [3.8, 4) is 0 Å². The third kappa shape index (κ3) is 5.02. The van der Waals surface area contributed by atoms with Gasteiger partial charge in [0, 0.05) is 28.8 Å². The molecule has 0 aliphatic heterocycles. The molecule has 0 spiro atoms. The van der Waals surface area contributed by atoms with Crippen molar-refractivity contribution in [1.82, 2.24) is 5.32 Å². The maximum absolute atomic E-state index is 12.3. The molecule has 0 radical (unpaired) electrons. The van der Waals surface area contributed by atoms with Gasteiger partial charge >= 0.3 is 0 Å². The predicted octanol–water partition coefficient (Wildman–Crippen LogP) is 2.73. The zero-order valence-corrected chi connectivity index (χ0v) is 13.0. The third-order valence-corrected chi connectivity index (χ3v) is 4.56. The molecule has 0 aromatic heterocycles. The van der Waals surface area contributed by atoms with E-state index in [2.05, 4.69) is 26.1 Å². The average molecular weight is 298 g/mol. The van der Waals surface area contributed by atoms with Crippen molar-refractivity contribution in [2.45, 2.75) is 38.1 Å². The first-order chi connectivity index (χ1) is 9.45. The summed E-state index contributed by atoms with van der Waals surface area (Å²) in [5.41, 5.74) is 0.0234. The minimum Gasteiger partial charge on any atom is -0.313 e. The Labute approximate surface area is 122 Å². The van der Waals surface area contributed by atoms with Crippen LogP contribution in [0.2, 0.25) is 0 Å². The number of nitrogens with zero attached hydrogens (tertiary/aromatic N) is 1. The maximum Gasteiger partial charge on any atom is 0.269 e. The molecule has 0 bridgehead atoms. The second-order valence-electron chi connectivity index (χ2n) is 5.07. The van der Waals surface area contributed by atoms with Gasteiger partial charge in [0.05, 0.1) is 15.7 Å². The first-order valence-electron chi connectivity index (χ1n) is 6.82. The van der Waals surface area contributed by atoms with E-state index in [1.54, 1.807) is 12.1 Å². The van der Waals surface area contributed by atoms with Crippen LogP contribution in [-0.2, 0) is 10.8 Å². The summed E-state index contributed by atoms with van der Waals surface area (Å²) < 4.78 is 12.3. The Kier molecular flexibility index (Phi) is 6.81. The van der Waals surface area contributed by atoms with Crippen LogP contribution in [-0.4, -0.2) is 27.5 Å². The van der Waals surface area contributed by atoms with Crippen molar-refractivity contribution in [3.05, 3.63) is 34.4 Å². The van der Waals surface area contributed by atoms with E-state index in [0.29, 0.717) is 16.6 Å². The standard InChI is InChI=1S/C14H22N2O3S/c1-4-9-15-14(11(2)3)10-20(19)13-7-5-12(6-8-13)16(17)18/h5-8,11,14-15H,4,9-10H2,1-3H3. The fourth-order valence-corrected chi connectivity index (χ4v) is 3.26. The van der Waals surface area contributed by atoms with Gasteiger partial charge in [-0.25, -0.2) is 0 Å². The smallest absolute Gasteiger partial charge is 0.269 e. The van der Waals surface area contributed by atoms with Gasteiger partial charge < -0.3 is 5.32 Å². The fraction of sp³-hybridized carbons (Fsp3) is 0.571. The van der Waals surface area contributed by atoms with Crippen LogP contribution in [0.15, 0.2) is 29.2 Å². The molecule has 0 saturated heterocycles. The maximum atomic E-state index is 12.3. The molecule has 0 aliphatic rings. The number of nitrogens with one attached hydrogen (secondary N) is 1. The SMILES string of the molecule is CCCNC(CS(=O)c1ccc([N+](=O)[O-])cc1)C(C)C. The second kappa shape index (κ2) is 8.11. The van der Waals surface area contributed by atoms with Crippen molar-refractivity contribution < 1.29 is 9.13 Å². The van der Waals surface area contributed by atoms with Crippen LogP contribution in [0.25, 0.3) is 0 Å². The van der Waals surface area contributed by atoms with Crippen LogP contribution >= 0.6 is 0 Å². The Bertz CT molecular complexity index is 460. The van der Waals surface area contributed by atoms with E-state index in [9.17, 15) is 14.3 Å². The molecule has 20 heavy (non-hydrogen) atoms. The Morgan fingerprint density at radius 2 is 1.90 bits per heavy atom. The summed E-state index contributed by atoms with van der Waals surface area (Å²) in [7, 11) is -1.14. The third-order valence-electron chi connectivity index (χ3n) is 3.10. The molecular weight excluding hydrogens is 276 g/mol. The van der Waals surface area contributed by atoms with E-state index in [1.165, 1.54) is 12.1 Å². The summed E-state index contributed by atoms with van der Waals surface area (Å²) in [5, 5.41) is 14.0. The summed E-state index contributed by atoms with van der Waals surface area (Å²) >= 11 is 0. The highest BCUT2D eigenvalue weighted by Crippen LogP contribution is 2.16. The van der Waals surface area contributed by atoms with Gasteiger partial charge in [0.25, 0.3) is 5.69 Å². The number of hydrogen-bond donors (Lipinski definition) is 1. The summed E-state index contributed by atoms with van der Waals surface area (Å²) in [6.45, 7) is 7.19. The van der Waals surface area contributed by atoms with Crippen LogP contribution in [0, 0.1) is 16.0 Å². The van der Waals surface area contributed by atoms with E-state index >= 15 is 0 Å². The normalized spacial score (nSPS) is 14.2. The number of hydrogen-bond acceptors (Lipinski definition) is 4. The largest absolute Gasteiger partial charge is 0.313 e. The van der Waals surface area contributed by atoms with E-state index in [1.807, 2.05) is 0 Å². The van der Waals surface area contributed by atoms with Crippen LogP contribution in [0.4, 0.5) is 5.69 Å². The Morgan fingerprint density at radius 3 is 2.35 bits per heavy atom. The van der Waals surface area contributed by atoms with Crippen LogP contribution in [0.1, 0.15) is 27.2 Å². The molecular formula is C14H22N2O3S. The van der Waals surface area contributed by atoms with Gasteiger partial charge in [-0.05, 0) is 31.0 Å². The van der Waals surface area contributed by atoms with Crippen molar-refractivity contribution in [2.75, 3.05) is 12.3 Å². The lowest BCUT2D eigenvalue weighted by Crippen LogP contribution is -2.38. The zero-order chi connectivity index (χ0) is 15.1. The second-order valence-corrected chi connectivity index (χ2v) is 6.56. The highest BCUT2D eigenvalue weighted by molar-refractivity contribution is 7.85. The minimum atomic E-state index is -1.14. The quantitative estimate of drug-likeness (QED) is 0.591. The van der Waals surface area contributed by atoms with Gasteiger partial charge in [0.1, 0.15) is 0 Å². The van der Waals surface area contributed by atoms with Crippen molar-refractivity contribution in [1.29, 1.82) is 0 Å². The molecule has 112 valence electrons. The summed E-state index contributed by atoms with van der Waals surface area (Å²) in [6, 6.07) is 6.14. The van der Waals surface area contributed by atoms with Crippen LogP contribution < -0.4 is 5.32 Å².